The zero-order valence-corrected chi connectivity index (χ0v) is 13.3. The van der Waals surface area contributed by atoms with E-state index in [1.807, 2.05) is 48.5 Å². The molecule has 4 nitrogen and oxygen atoms in total. The molecule has 1 N–H and O–H groups in total. The molecule has 1 aliphatic rings. The van der Waals surface area contributed by atoms with Gasteiger partial charge in [-0.1, -0.05) is 18.2 Å². The van der Waals surface area contributed by atoms with Gasteiger partial charge in [0.2, 0.25) is 0 Å². The molecule has 4 heteroatoms. The molecule has 0 aliphatic carbocycles. The largest absolute Gasteiger partial charge is 0.493 e. The third kappa shape index (κ3) is 3.02. The average molecular weight is 312 g/mol. The first-order valence-electron chi connectivity index (χ1n) is 7.71. The fourth-order valence-electron chi connectivity index (χ4n) is 2.95. The third-order valence-corrected chi connectivity index (χ3v) is 4.44. The van der Waals surface area contributed by atoms with Gasteiger partial charge in [0.15, 0.2) is 0 Å². The zero-order chi connectivity index (χ0) is 16.4. The normalized spacial score (nSPS) is 17.0. The Morgan fingerprint density at radius 2 is 1.70 bits per heavy atom. The van der Waals surface area contributed by atoms with Gasteiger partial charge in [0, 0.05) is 5.92 Å². The van der Waals surface area contributed by atoms with E-state index < -0.39 is 11.4 Å². The number of furan rings is 2. The molecule has 3 heterocycles. The van der Waals surface area contributed by atoms with E-state index in [1.54, 1.807) is 13.8 Å². The van der Waals surface area contributed by atoms with E-state index in [9.17, 15) is 9.90 Å². The SMILES string of the molecule is CC(C)(C(=O)O)C1CCOc2ccccc21.c1cc2ccc1o2. The van der Waals surface area contributed by atoms with Crippen molar-refractivity contribution in [2.24, 2.45) is 5.41 Å². The summed E-state index contributed by atoms with van der Waals surface area (Å²) in [5.41, 5.74) is 2.20. The Morgan fingerprint density at radius 1 is 1.09 bits per heavy atom. The summed E-state index contributed by atoms with van der Waals surface area (Å²) >= 11 is 0. The van der Waals surface area contributed by atoms with Gasteiger partial charge in [0.1, 0.15) is 16.9 Å². The lowest BCUT2D eigenvalue weighted by Gasteiger charge is -2.35. The molecule has 23 heavy (non-hydrogen) atoms. The molecule has 1 atom stereocenters. The highest BCUT2D eigenvalue weighted by Gasteiger charge is 2.40. The third-order valence-electron chi connectivity index (χ3n) is 4.44. The molecule has 1 unspecified atom stereocenters. The van der Waals surface area contributed by atoms with Crippen molar-refractivity contribution in [3.63, 3.8) is 0 Å². The maximum absolute atomic E-state index is 11.3. The second-order valence-electron chi connectivity index (χ2n) is 6.33. The minimum Gasteiger partial charge on any atom is -0.493 e. The summed E-state index contributed by atoms with van der Waals surface area (Å²) in [5.74, 6) is 0.0947. The van der Waals surface area contributed by atoms with Crippen molar-refractivity contribution in [3.05, 3.63) is 54.1 Å². The summed E-state index contributed by atoms with van der Waals surface area (Å²) in [6.45, 7) is 4.16. The van der Waals surface area contributed by atoms with Gasteiger partial charge < -0.3 is 14.3 Å². The van der Waals surface area contributed by atoms with Crippen LogP contribution < -0.4 is 4.74 Å². The van der Waals surface area contributed by atoms with Crippen LogP contribution >= 0.6 is 0 Å². The molecule has 0 saturated carbocycles. The molecule has 0 fully saturated rings. The molecular formula is C19H20O4. The van der Waals surface area contributed by atoms with Gasteiger partial charge in [0.05, 0.1) is 12.0 Å². The van der Waals surface area contributed by atoms with Crippen molar-refractivity contribution in [3.8, 4) is 5.75 Å². The Morgan fingerprint density at radius 3 is 2.22 bits per heavy atom. The lowest BCUT2D eigenvalue weighted by Crippen LogP contribution is -2.34. The second kappa shape index (κ2) is 5.95. The predicted octanol–water partition coefficient (Wildman–Crippen LogP) is 4.53. The second-order valence-corrected chi connectivity index (χ2v) is 6.33. The van der Waals surface area contributed by atoms with Crippen molar-refractivity contribution >= 4 is 17.1 Å². The minimum atomic E-state index is -0.755. The standard InChI is InChI=1S/C13H16O3.C6H4O/c1-13(2,12(14)15)10-7-8-16-11-6-4-3-5-9(10)11;1-2-6-4-3-5(1)7-6/h3-6,10H,7-8H2,1-2H3,(H,14,15);1-4H. The molecule has 1 aliphatic heterocycles. The zero-order valence-electron chi connectivity index (χ0n) is 13.3. The Kier molecular flexibility index (Phi) is 3.99. The molecule has 0 spiro atoms. The number of fused-ring (bicyclic) bond motifs is 3. The smallest absolute Gasteiger partial charge is 0.309 e. The Bertz CT molecular complexity index is 742. The van der Waals surface area contributed by atoms with Crippen LogP contribution in [0.1, 0.15) is 31.7 Å². The van der Waals surface area contributed by atoms with Crippen LogP contribution in [-0.2, 0) is 4.79 Å². The summed E-state index contributed by atoms with van der Waals surface area (Å²) in [6, 6.07) is 15.5. The molecule has 1 aromatic carbocycles. The molecule has 4 rings (SSSR count). The highest BCUT2D eigenvalue weighted by Crippen LogP contribution is 2.44. The fourth-order valence-corrected chi connectivity index (χ4v) is 2.95. The van der Waals surface area contributed by atoms with Crippen LogP contribution in [0, 0.1) is 5.41 Å². The number of rotatable bonds is 2. The predicted molar refractivity (Wildman–Crippen MR) is 88.1 cm³/mol. The van der Waals surface area contributed by atoms with Gasteiger partial charge in [-0.3, -0.25) is 4.79 Å². The highest BCUT2D eigenvalue weighted by molar-refractivity contribution is 5.75. The number of carboxylic acid groups (broad SMARTS) is 1. The van der Waals surface area contributed by atoms with Crippen LogP contribution in [0.15, 0.2) is 52.9 Å². The summed E-state index contributed by atoms with van der Waals surface area (Å²) < 4.78 is 10.6. The van der Waals surface area contributed by atoms with Gasteiger partial charge in [-0.05, 0) is 56.2 Å². The van der Waals surface area contributed by atoms with Crippen LogP contribution in [0.25, 0.3) is 11.2 Å². The summed E-state index contributed by atoms with van der Waals surface area (Å²) in [7, 11) is 0. The van der Waals surface area contributed by atoms with E-state index in [2.05, 4.69) is 0 Å². The Hall–Kier alpha value is -2.49. The fraction of sp³-hybridized carbons (Fsp3) is 0.316. The van der Waals surface area contributed by atoms with E-state index in [0.29, 0.717) is 6.61 Å². The summed E-state index contributed by atoms with van der Waals surface area (Å²) in [4.78, 5) is 11.3. The number of aliphatic carboxylic acids is 1. The molecule has 2 bridgehead atoms. The highest BCUT2D eigenvalue weighted by atomic mass is 16.5. The number of ether oxygens (including phenoxy) is 1. The van der Waals surface area contributed by atoms with Gasteiger partial charge in [0.25, 0.3) is 0 Å². The molecule has 120 valence electrons. The molecule has 0 radical (unpaired) electrons. The first kappa shape index (κ1) is 15.4. The number of hydrogen-bond donors (Lipinski definition) is 1. The van der Waals surface area contributed by atoms with Crippen molar-refractivity contribution < 1.29 is 19.1 Å². The first-order chi connectivity index (χ1) is 11.0. The Balaban J connectivity index is 0.000000183. The maximum atomic E-state index is 11.3. The molecule has 0 amide bonds. The summed E-state index contributed by atoms with van der Waals surface area (Å²) in [6.07, 6.45) is 0.760. The van der Waals surface area contributed by atoms with Gasteiger partial charge >= 0.3 is 5.97 Å². The van der Waals surface area contributed by atoms with Gasteiger partial charge in [-0.2, -0.15) is 0 Å². The lowest BCUT2D eigenvalue weighted by molar-refractivity contribution is -0.148. The van der Waals surface area contributed by atoms with E-state index in [4.69, 9.17) is 9.15 Å². The molecule has 0 saturated heterocycles. The van der Waals surface area contributed by atoms with Crippen molar-refractivity contribution in [1.29, 1.82) is 0 Å². The minimum absolute atomic E-state index is 0.0231. The van der Waals surface area contributed by atoms with Crippen LogP contribution in [0.4, 0.5) is 0 Å². The first-order valence-corrected chi connectivity index (χ1v) is 7.71. The van der Waals surface area contributed by atoms with Crippen molar-refractivity contribution in [2.75, 3.05) is 6.61 Å². The van der Waals surface area contributed by atoms with Gasteiger partial charge in [-0.15, -0.1) is 0 Å². The Labute approximate surface area is 135 Å². The van der Waals surface area contributed by atoms with Crippen LogP contribution in [-0.4, -0.2) is 17.7 Å². The maximum Gasteiger partial charge on any atom is 0.309 e. The van der Waals surface area contributed by atoms with Gasteiger partial charge in [-0.25, -0.2) is 0 Å². The lowest BCUT2D eigenvalue weighted by atomic mass is 9.72. The number of benzene rings is 2. The van der Waals surface area contributed by atoms with E-state index in [0.717, 1.165) is 28.9 Å². The number of carbonyl (C=O) groups is 1. The molecular weight excluding hydrogens is 292 g/mol. The van der Waals surface area contributed by atoms with Crippen molar-refractivity contribution in [1.82, 2.24) is 0 Å². The monoisotopic (exact) mass is 312 g/mol. The average Bonchev–Trinajstić information content (AvgIpc) is 3.20. The van der Waals surface area contributed by atoms with Crippen LogP contribution in [0.2, 0.25) is 0 Å². The topological polar surface area (TPSA) is 59.7 Å². The quantitative estimate of drug-likeness (QED) is 0.755. The number of para-hydroxylation sites is 1. The number of carboxylic acids is 1. The van der Waals surface area contributed by atoms with Crippen LogP contribution in [0.5, 0.6) is 5.75 Å². The van der Waals surface area contributed by atoms with E-state index in [1.165, 1.54) is 0 Å². The van der Waals surface area contributed by atoms with Crippen molar-refractivity contribution in [2.45, 2.75) is 26.2 Å². The molecule has 3 aromatic rings. The molecule has 2 aromatic heterocycles. The van der Waals surface area contributed by atoms with E-state index in [-0.39, 0.29) is 5.92 Å². The van der Waals surface area contributed by atoms with Crippen LogP contribution in [0.3, 0.4) is 0 Å². The van der Waals surface area contributed by atoms with E-state index >= 15 is 0 Å². The number of hydrogen-bond acceptors (Lipinski definition) is 3. The summed E-state index contributed by atoms with van der Waals surface area (Å²) in [5, 5.41) is 9.28.